The number of hydrogen-bond donors (Lipinski definition) is 3. The second-order valence-corrected chi connectivity index (χ2v) is 7.56. The van der Waals surface area contributed by atoms with E-state index < -0.39 is 11.8 Å². The lowest BCUT2D eigenvalue weighted by molar-refractivity contribution is -0.136. The molecular formula is C24H24N2O3. The molecule has 0 saturated heterocycles. The van der Waals surface area contributed by atoms with Crippen LogP contribution in [0.5, 0.6) is 5.75 Å². The van der Waals surface area contributed by atoms with Gasteiger partial charge in [-0.1, -0.05) is 42.5 Å². The van der Waals surface area contributed by atoms with E-state index in [9.17, 15) is 14.7 Å². The van der Waals surface area contributed by atoms with E-state index in [1.54, 1.807) is 36.4 Å². The minimum Gasteiger partial charge on any atom is -0.507 e. The van der Waals surface area contributed by atoms with Crippen LogP contribution in [0.25, 0.3) is 10.8 Å². The van der Waals surface area contributed by atoms with E-state index in [1.807, 2.05) is 13.0 Å². The van der Waals surface area contributed by atoms with Crippen molar-refractivity contribution >= 4 is 28.3 Å². The number of hydrogen-bond acceptors (Lipinski definition) is 3. The van der Waals surface area contributed by atoms with Crippen LogP contribution < -0.4 is 10.6 Å². The third-order valence-corrected chi connectivity index (χ3v) is 5.57. The number of benzene rings is 3. The van der Waals surface area contributed by atoms with Crippen LogP contribution in [0.3, 0.4) is 0 Å². The van der Waals surface area contributed by atoms with E-state index in [-0.39, 0.29) is 11.8 Å². The number of phenols is 1. The van der Waals surface area contributed by atoms with Crippen LogP contribution >= 0.6 is 0 Å². The van der Waals surface area contributed by atoms with E-state index in [4.69, 9.17) is 0 Å². The van der Waals surface area contributed by atoms with Crippen LogP contribution in [-0.2, 0) is 22.4 Å². The van der Waals surface area contributed by atoms with Gasteiger partial charge in [0.05, 0.1) is 6.04 Å². The molecule has 1 unspecified atom stereocenters. The number of aryl methyl sites for hydroxylation is 2. The average Bonchev–Trinajstić information content (AvgIpc) is 2.74. The Balaban J connectivity index is 1.46. The van der Waals surface area contributed by atoms with Crippen molar-refractivity contribution < 1.29 is 14.7 Å². The third-order valence-electron chi connectivity index (χ3n) is 5.57. The fourth-order valence-corrected chi connectivity index (χ4v) is 3.95. The lowest BCUT2D eigenvalue weighted by Gasteiger charge is -2.20. The Hall–Kier alpha value is -3.34. The summed E-state index contributed by atoms with van der Waals surface area (Å²) in [5, 5.41) is 16.7. The molecule has 0 radical (unpaired) electrons. The van der Waals surface area contributed by atoms with Gasteiger partial charge in [-0.25, -0.2) is 0 Å². The molecule has 0 spiro atoms. The van der Waals surface area contributed by atoms with Crippen LogP contribution in [0.4, 0.5) is 5.69 Å². The molecule has 0 heterocycles. The van der Waals surface area contributed by atoms with Crippen molar-refractivity contribution in [2.24, 2.45) is 0 Å². The Morgan fingerprint density at radius 2 is 1.62 bits per heavy atom. The summed E-state index contributed by atoms with van der Waals surface area (Å²) in [6.07, 6.45) is 4.60. The molecule has 0 aromatic heterocycles. The zero-order valence-electron chi connectivity index (χ0n) is 16.4. The van der Waals surface area contributed by atoms with Gasteiger partial charge < -0.3 is 15.7 Å². The van der Waals surface area contributed by atoms with Crippen molar-refractivity contribution in [3.8, 4) is 5.75 Å². The van der Waals surface area contributed by atoms with Crippen molar-refractivity contribution in [3.63, 3.8) is 0 Å². The minimum absolute atomic E-state index is 0.129. The smallest absolute Gasteiger partial charge is 0.313 e. The maximum absolute atomic E-state index is 12.5. The quantitative estimate of drug-likeness (QED) is 0.587. The summed E-state index contributed by atoms with van der Waals surface area (Å²) in [5.41, 5.74) is 4.22. The normalized spacial score (nSPS) is 14.1. The van der Waals surface area contributed by atoms with Gasteiger partial charge in [0.15, 0.2) is 0 Å². The predicted octanol–water partition coefficient (Wildman–Crippen LogP) is 4.24. The molecular weight excluding hydrogens is 364 g/mol. The van der Waals surface area contributed by atoms with Gasteiger partial charge in [0.1, 0.15) is 5.75 Å². The van der Waals surface area contributed by atoms with Crippen molar-refractivity contribution in [3.05, 3.63) is 71.3 Å². The van der Waals surface area contributed by atoms with Gasteiger partial charge in [-0.3, -0.25) is 9.59 Å². The molecule has 1 atom stereocenters. The van der Waals surface area contributed by atoms with Crippen LogP contribution in [0.15, 0.2) is 54.6 Å². The monoisotopic (exact) mass is 388 g/mol. The zero-order chi connectivity index (χ0) is 20.4. The highest BCUT2D eigenvalue weighted by Crippen LogP contribution is 2.30. The predicted molar refractivity (Wildman–Crippen MR) is 114 cm³/mol. The first-order valence-electron chi connectivity index (χ1n) is 9.97. The van der Waals surface area contributed by atoms with Crippen molar-refractivity contribution in [1.82, 2.24) is 5.32 Å². The van der Waals surface area contributed by atoms with Gasteiger partial charge in [0.25, 0.3) is 0 Å². The fourth-order valence-electron chi connectivity index (χ4n) is 3.95. The summed E-state index contributed by atoms with van der Waals surface area (Å²) < 4.78 is 0. The molecule has 148 valence electrons. The van der Waals surface area contributed by atoms with Crippen LogP contribution in [0.1, 0.15) is 42.5 Å². The molecule has 5 nitrogen and oxygen atoms in total. The molecule has 3 aromatic rings. The molecule has 0 saturated carbocycles. The first-order valence-corrected chi connectivity index (χ1v) is 9.97. The van der Waals surface area contributed by atoms with E-state index in [0.29, 0.717) is 16.5 Å². The summed E-state index contributed by atoms with van der Waals surface area (Å²) in [6, 6.07) is 16.3. The molecule has 3 aromatic carbocycles. The average molecular weight is 388 g/mol. The maximum Gasteiger partial charge on any atom is 0.313 e. The Kier molecular flexibility index (Phi) is 5.21. The molecule has 0 aliphatic heterocycles. The van der Waals surface area contributed by atoms with Crippen LogP contribution in [0.2, 0.25) is 0 Å². The molecule has 1 aliphatic rings. The minimum atomic E-state index is -0.731. The van der Waals surface area contributed by atoms with E-state index in [2.05, 4.69) is 22.8 Å². The van der Waals surface area contributed by atoms with Crippen molar-refractivity contribution in [2.45, 2.75) is 38.6 Å². The third kappa shape index (κ3) is 3.94. The van der Waals surface area contributed by atoms with Gasteiger partial charge >= 0.3 is 11.8 Å². The lowest BCUT2D eigenvalue weighted by atomic mass is 9.89. The molecule has 2 amide bonds. The zero-order valence-corrected chi connectivity index (χ0v) is 16.4. The number of amides is 2. The van der Waals surface area contributed by atoms with Crippen LogP contribution in [-0.4, -0.2) is 16.9 Å². The Morgan fingerprint density at radius 3 is 2.45 bits per heavy atom. The van der Waals surface area contributed by atoms with Gasteiger partial charge in [0.2, 0.25) is 0 Å². The van der Waals surface area contributed by atoms with Crippen molar-refractivity contribution in [1.29, 1.82) is 0 Å². The number of carbonyl (C=O) groups excluding carboxylic acids is 2. The van der Waals surface area contributed by atoms with Gasteiger partial charge in [-0.05, 0) is 61.4 Å². The first-order chi connectivity index (χ1) is 14.0. The summed E-state index contributed by atoms with van der Waals surface area (Å²) in [4.78, 5) is 24.9. The van der Waals surface area contributed by atoms with E-state index in [0.717, 1.165) is 18.4 Å². The molecule has 3 N–H and O–H groups in total. The molecule has 1 aliphatic carbocycles. The maximum atomic E-state index is 12.5. The molecule has 0 fully saturated rings. The summed E-state index contributed by atoms with van der Waals surface area (Å²) in [5.74, 6) is -1.29. The highest BCUT2D eigenvalue weighted by atomic mass is 16.3. The fraction of sp³-hybridized carbons (Fsp3) is 0.250. The Morgan fingerprint density at radius 1 is 0.897 bits per heavy atom. The Bertz CT molecular complexity index is 1090. The number of anilines is 1. The molecule has 4 rings (SSSR count). The standard InChI is InChI=1S/C24H24N2O3/c1-15(17-13-12-16-6-2-3-7-18(16)14-17)25-23(28)24(29)26-21-10-4-9-20-19(21)8-5-11-22(20)27/h4-5,8-15,27H,2-3,6-7H2,1H3,(H,25,28)(H,26,29). The van der Waals surface area contributed by atoms with Gasteiger partial charge in [0, 0.05) is 16.5 Å². The molecule has 5 heteroatoms. The second kappa shape index (κ2) is 7.95. The molecule has 29 heavy (non-hydrogen) atoms. The lowest BCUT2D eigenvalue weighted by Crippen LogP contribution is -2.37. The number of fused-ring (bicyclic) bond motifs is 2. The van der Waals surface area contributed by atoms with E-state index in [1.165, 1.54) is 24.0 Å². The van der Waals surface area contributed by atoms with E-state index >= 15 is 0 Å². The van der Waals surface area contributed by atoms with Gasteiger partial charge in [-0.15, -0.1) is 0 Å². The number of aromatic hydroxyl groups is 1. The number of rotatable bonds is 3. The number of carbonyl (C=O) groups is 2. The summed E-state index contributed by atoms with van der Waals surface area (Å²) in [7, 11) is 0. The largest absolute Gasteiger partial charge is 0.507 e. The number of nitrogens with one attached hydrogen (secondary N) is 2. The summed E-state index contributed by atoms with van der Waals surface area (Å²) >= 11 is 0. The summed E-state index contributed by atoms with van der Waals surface area (Å²) in [6.45, 7) is 1.88. The second-order valence-electron chi connectivity index (χ2n) is 7.56. The molecule has 0 bridgehead atoms. The SMILES string of the molecule is CC(NC(=O)C(=O)Nc1cccc2c(O)cccc12)c1ccc2c(c1)CCCC2. The van der Waals surface area contributed by atoms with Gasteiger partial charge in [-0.2, -0.15) is 0 Å². The Labute approximate surface area is 169 Å². The topological polar surface area (TPSA) is 78.4 Å². The highest BCUT2D eigenvalue weighted by Gasteiger charge is 2.19. The highest BCUT2D eigenvalue weighted by molar-refractivity contribution is 6.40. The van der Waals surface area contributed by atoms with Crippen LogP contribution in [0, 0.1) is 0 Å². The van der Waals surface area contributed by atoms with Crippen molar-refractivity contribution in [2.75, 3.05) is 5.32 Å². The first kappa shape index (κ1) is 19.0. The number of phenolic OH excluding ortho intramolecular Hbond substituents is 1.